The number of amides is 1. The second-order valence-corrected chi connectivity index (χ2v) is 9.06. The number of piperidine rings is 1. The van der Waals surface area contributed by atoms with E-state index in [0.29, 0.717) is 18.6 Å². The smallest absolute Gasteiger partial charge is 0.311 e. The fraction of sp³-hybridized carbons (Fsp3) is 0.458. The Bertz CT molecular complexity index is 1060. The van der Waals surface area contributed by atoms with E-state index >= 15 is 0 Å². The van der Waals surface area contributed by atoms with Crippen molar-refractivity contribution in [3.8, 4) is 5.75 Å². The van der Waals surface area contributed by atoms with Crippen molar-refractivity contribution in [2.75, 3.05) is 19.7 Å². The molecule has 0 saturated carbocycles. The summed E-state index contributed by atoms with van der Waals surface area (Å²) in [5, 5.41) is 3.09. The van der Waals surface area contributed by atoms with E-state index in [4.69, 9.17) is 4.74 Å². The zero-order valence-electron chi connectivity index (χ0n) is 18.1. The SMILES string of the molecule is O=C(CC(N=S(=O)=O)c1ccccc1)NC1CCOc2ccc(CN3CCCCC3)cc21. The van der Waals surface area contributed by atoms with Crippen molar-refractivity contribution in [3.05, 3.63) is 65.2 Å². The Morgan fingerprint density at radius 3 is 2.66 bits per heavy atom. The highest BCUT2D eigenvalue weighted by Gasteiger charge is 2.25. The highest BCUT2D eigenvalue weighted by Crippen LogP contribution is 2.34. The van der Waals surface area contributed by atoms with Crippen molar-refractivity contribution in [1.29, 1.82) is 0 Å². The van der Waals surface area contributed by atoms with Crippen LogP contribution in [0.5, 0.6) is 5.75 Å². The molecule has 1 N–H and O–H groups in total. The van der Waals surface area contributed by atoms with Crippen LogP contribution in [0.1, 0.15) is 60.9 Å². The minimum atomic E-state index is -2.59. The zero-order chi connectivity index (χ0) is 22.3. The third-order valence-electron chi connectivity index (χ3n) is 6.08. The van der Waals surface area contributed by atoms with Crippen LogP contribution < -0.4 is 10.1 Å². The number of nitrogens with zero attached hydrogens (tertiary/aromatic N) is 2. The summed E-state index contributed by atoms with van der Waals surface area (Å²) in [6.07, 6.45) is 4.44. The zero-order valence-corrected chi connectivity index (χ0v) is 18.9. The number of benzene rings is 2. The van der Waals surface area contributed by atoms with Crippen LogP contribution in [0.15, 0.2) is 52.9 Å². The molecule has 1 saturated heterocycles. The van der Waals surface area contributed by atoms with Gasteiger partial charge in [0.2, 0.25) is 5.91 Å². The van der Waals surface area contributed by atoms with E-state index in [1.54, 1.807) is 12.1 Å². The molecule has 4 rings (SSSR count). The molecule has 1 fully saturated rings. The highest BCUT2D eigenvalue weighted by molar-refractivity contribution is 7.61. The number of likely N-dealkylation sites (tertiary alicyclic amines) is 1. The van der Waals surface area contributed by atoms with Gasteiger partial charge in [0.05, 0.1) is 19.1 Å². The largest absolute Gasteiger partial charge is 0.493 e. The van der Waals surface area contributed by atoms with Gasteiger partial charge in [-0.25, -0.2) is 0 Å². The number of nitrogens with one attached hydrogen (secondary N) is 1. The van der Waals surface area contributed by atoms with Gasteiger partial charge in [0, 0.05) is 18.5 Å². The van der Waals surface area contributed by atoms with E-state index < -0.39 is 16.5 Å². The van der Waals surface area contributed by atoms with E-state index in [-0.39, 0.29) is 18.4 Å². The summed E-state index contributed by atoms with van der Waals surface area (Å²) in [6.45, 7) is 3.68. The molecule has 7 nitrogen and oxygen atoms in total. The number of carbonyl (C=O) groups is 1. The van der Waals surface area contributed by atoms with Crippen LogP contribution in [0.25, 0.3) is 0 Å². The molecule has 0 radical (unpaired) electrons. The molecule has 2 aromatic carbocycles. The van der Waals surface area contributed by atoms with Gasteiger partial charge in [0.1, 0.15) is 11.8 Å². The maximum Gasteiger partial charge on any atom is 0.311 e. The van der Waals surface area contributed by atoms with Gasteiger partial charge < -0.3 is 10.1 Å². The molecule has 8 heteroatoms. The molecule has 2 atom stereocenters. The minimum Gasteiger partial charge on any atom is -0.493 e. The summed E-state index contributed by atoms with van der Waals surface area (Å²) in [5.74, 6) is 0.571. The highest BCUT2D eigenvalue weighted by atomic mass is 32.2. The fourth-order valence-electron chi connectivity index (χ4n) is 4.49. The van der Waals surface area contributed by atoms with Crippen molar-refractivity contribution >= 4 is 16.4 Å². The average Bonchev–Trinajstić information content (AvgIpc) is 2.80. The molecule has 1 amide bonds. The lowest BCUT2D eigenvalue weighted by molar-refractivity contribution is -0.122. The minimum absolute atomic E-state index is 0.0296. The van der Waals surface area contributed by atoms with Crippen LogP contribution in [0.3, 0.4) is 0 Å². The number of fused-ring (bicyclic) bond motifs is 1. The molecule has 0 bridgehead atoms. The molecule has 2 aliphatic heterocycles. The summed E-state index contributed by atoms with van der Waals surface area (Å²) in [7, 11) is -2.59. The van der Waals surface area contributed by atoms with Crippen LogP contribution in [-0.2, 0) is 21.8 Å². The predicted octanol–water partition coefficient (Wildman–Crippen LogP) is 3.81. The first-order valence-electron chi connectivity index (χ1n) is 11.2. The van der Waals surface area contributed by atoms with Crippen molar-refractivity contribution in [3.63, 3.8) is 0 Å². The standard InChI is InChI=1S/C24H29N3O4S/c28-24(16-22(26-32(29)30)19-7-3-1-4-8-19)25-21-11-14-31-23-10-9-18(15-20(21)23)17-27-12-5-2-6-13-27/h1,3-4,7-10,15,21-22H,2,5-6,11-14,16-17H2,(H,25,28). The Balaban J connectivity index is 1.46. The molecular formula is C24H29N3O4S. The summed E-state index contributed by atoms with van der Waals surface area (Å²) in [5.41, 5.74) is 2.90. The van der Waals surface area contributed by atoms with Gasteiger partial charge in [-0.15, -0.1) is 0 Å². The Hall–Kier alpha value is -2.71. The third kappa shape index (κ3) is 5.95. The lowest BCUT2D eigenvalue weighted by Crippen LogP contribution is -2.33. The lowest BCUT2D eigenvalue weighted by Gasteiger charge is -2.29. The first-order valence-corrected chi connectivity index (χ1v) is 12.2. The topological polar surface area (TPSA) is 88.1 Å². The van der Waals surface area contributed by atoms with Crippen LogP contribution in [0.2, 0.25) is 0 Å². The van der Waals surface area contributed by atoms with Crippen LogP contribution in [0.4, 0.5) is 0 Å². The first-order chi connectivity index (χ1) is 15.6. The number of rotatable bonds is 7. The maximum atomic E-state index is 12.9. The molecule has 0 spiro atoms. The molecule has 2 aliphatic rings. The fourth-order valence-corrected chi connectivity index (χ4v) is 4.90. The summed E-state index contributed by atoms with van der Waals surface area (Å²) < 4.78 is 31.9. The molecule has 2 aromatic rings. The van der Waals surface area contributed by atoms with E-state index in [1.807, 2.05) is 24.3 Å². The van der Waals surface area contributed by atoms with Crippen molar-refractivity contribution in [2.24, 2.45) is 4.36 Å². The van der Waals surface area contributed by atoms with Crippen molar-refractivity contribution in [2.45, 2.75) is 50.7 Å². The Labute approximate surface area is 190 Å². The van der Waals surface area contributed by atoms with Crippen LogP contribution in [0, 0.1) is 0 Å². The third-order valence-corrected chi connectivity index (χ3v) is 6.51. The number of hydrogen-bond acceptors (Lipinski definition) is 6. The van der Waals surface area contributed by atoms with Gasteiger partial charge in [-0.2, -0.15) is 12.8 Å². The quantitative estimate of drug-likeness (QED) is 0.686. The van der Waals surface area contributed by atoms with Gasteiger partial charge in [-0.3, -0.25) is 9.69 Å². The van der Waals surface area contributed by atoms with E-state index in [2.05, 4.69) is 26.7 Å². The first kappa shape index (κ1) is 22.5. The molecule has 0 aliphatic carbocycles. The van der Waals surface area contributed by atoms with Gasteiger partial charge >= 0.3 is 10.5 Å². The summed E-state index contributed by atoms with van der Waals surface area (Å²) >= 11 is 0. The van der Waals surface area contributed by atoms with E-state index in [1.165, 1.54) is 24.8 Å². The molecule has 2 unspecified atom stereocenters. The van der Waals surface area contributed by atoms with Crippen LogP contribution in [-0.4, -0.2) is 38.9 Å². The van der Waals surface area contributed by atoms with Gasteiger partial charge in [-0.1, -0.05) is 42.8 Å². The second kappa shape index (κ2) is 10.7. The monoisotopic (exact) mass is 455 g/mol. The molecule has 0 aromatic heterocycles. The van der Waals surface area contributed by atoms with Gasteiger partial charge in [-0.05, 0) is 49.2 Å². The summed E-state index contributed by atoms with van der Waals surface area (Å²) in [6, 6.07) is 14.4. The van der Waals surface area contributed by atoms with E-state index in [9.17, 15) is 13.2 Å². The molecule has 2 heterocycles. The number of ether oxygens (including phenoxy) is 1. The Morgan fingerprint density at radius 2 is 1.91 bits per heavy atom. The number of hydrogen-bond donors (Lipinski definition) is 1. The Morgan fingerprint density at radius 1 is 1.12 bits per heavy atom. The Kier molecular flexibility index (Phi) is 7.55. The van der Waals surface area contributed by atoms with Crippen molar-refractivity contribution < 1.29 is 17.9 Å². The normalized spacial score (nSPS) is 19.3. The predicted molar refractivity (Wildman–Crippen MR) is 122 cm³/mol. The maximum absolute atomic E-state index is 12.9. The molecule has 32 heavy (non-hydrogen) atoms. The van der Waals surface area contributed by atoms with Gasteiger partial charge in [0.25, 0.3) is 0 Å². The molecular weight excluding hydrogens is 426 g/mol. The van der Waals surface area contributed by atoms with E-state index in [0.717, 1.165) is 30.9 Å². The van der Waals surface area contributed by atoms with Gasteiger partial charge in [0.15, 0.2) is 0 Å². The average molecular weight is 456 g/mol. The number of carbonyl (C=O) groups excluding carboxylic acids is 1. The second-order valence-electron chi connectivity index (χ2n) is 8.42. The molecule has 170 valence electrons. The van der Waals surface area contributed by atoms with Crippen LogP contribution >= 0.6 is 0 Å². The lowest BCUT2D eigenvalue weighted by atomic mass is 9.97. The summed E-state index contributed by atoms with van der Waals surface area (Å²) in [4.78, 5) is 15.3. The van der Waals surface area contributed by atoms with Crippen molar-refractivity contribution in [1.82, 2.24) is 10.2 Å².